The first kappa shape index (κ1) is 18.2. The van der Waals surface area contributed by atoms with Crippen molar-refractivity contribution in [2.75, 3.05) is 26.2 Å². The van der Waals surface area contributed by atoms with Crippen LogP contribution in [0.4, 0.5) is 0 Å². The summed E-state index contributed by atoms with van der Waals surface area (Å²) in [6, 6.07) is 7.39. The van der Waals surface area contributed by atoms with Crippen molar-refractivity contribution < 1.29 is 9.21 Å². The van der Waals surface area contributed by atoms with Crippen molar-refractivity contribution in [1.82, 2.24) is 10.2 Å². The highest BCUT2D eigenvalue weighted by molar-refractivity contribution is 7.21. The van der Waals surface area contributed by atoms with Gasteiger partial charge in [0.1, 0.15) is 5.58 Å². The standard InChI is InChI=1S/C21H24N2O3S/c1-14-6-7-17-15(12-14)19-16(21(25)26-17)13-18(27-19)20(24)22-8-11-23-9-4-2-3-5-10-23/h6-7,12-13H,2-5,8-11H2,1H3,(H,22,24). The third-order valence-electron chi connectivity index (χ3n) is 5.17. The maximum absolute atomic E-state index is 12.6. The summed E-state index contributed by atoms with van der Waals surface area (Å²) in [5.74, 6) is -0.119. The molecule has 5 nitrogen and oxygen atoms in total. The third-order valence-corrected chi connectivity index (χ3v) is 6.34. The number of hydrogen-bond acceptors (Lipinski definition) is 5. The van der Waals surface area contributed by atoms with E-state index in [1.807, 2.05) is 25.1 Å². The van der Waals surface area contributed by atoms with Gasteiger partial charge >= 0.3 is 5.63 Å². The quantitative estimate of drug-likeness (QED) is 0.693. The zero-order valence-corrected chi connectivity index (χ0v) is 16.4. The van der Waals surface area contributed by atoms with E-state index in [2.05, 4.69) is 10.2 Å². The van der Waals surface area contributed by atoms with Crippen molar-refractivity contribution >= 4 is 38.3 Å². The number of nitrogens with one attached hydrogen (secondary N) is 1. The van der Waals surface area contributed by atoms with Crippen LogP contribution in [0.25, 0.3) is 21.1 Å². The Morgan fingerprint density at radius 3 is 2.70 bits per heavy atom. The first-order valence-electron chi connectivity index (χ1n) is 9.59. The summed E-state index contributed by atoms with van der Waals surface area (Å²) in [5, 5.41) is 4.37. The summed E-state index contributed by atoms with van der Waals surface area (Å²) < 4.78 is 6.23. The van der Waals surface area contributed by atoms with Crippen LogP contribution in [0.5, 0.6) is 0 Å². The molecule has 0 aliphatic carbocycles. The van der Waals surface area contributed by atoms with Crippen LogP contribution in [0, 0.1) is 6.92 Å². The average molecular weight is 385 g/mol. The van der Waals surface area contributed by atoms with Gasteiger partial charge in [0.05, 0.1) is 15.0 Å². The lowest BCUT2D eigenvalue weighted by atomic mass is 10.1. The number of benzene rings is 1. The van der Waals surface area contributed by atoms with Crippen LogP contribution in [0.3, 0.4) is 0 Å². The Morgan fingerprint density at radius 1 is 1.15 bits per heavy atom. The fourth-order valence-electron chi connectivity index (χ4n) is 3.69. The van der Waals surface area contributed by atoms with Gasteiger partial charge in [0.2, 0.25) is 0 Å². The molecule has 142 valence electrons. The lowest BCUT2D eigenvalue weighted by Crippen LogP contribution is -2.35. The molecule has 0 radical (unpaired) electrons. The molecule has 1 fully saturated rings. The molecule has 1 N–H and O–H groups in total. The van der Waals surface area contributed by atoms with Crippen LogP contribution < -0.4 is 10.9 Å². The van der Waals surface area contributed by atoms with Crippen molar-refractivity contribution in [1.29, 1.82) is 0 Å². The van der Waals surface area contributed by atoms with Gasteiger partial charge < -0.3 is 14.6 Å². The Labute approximate surface area is 162 Å². The van der Waals surface area contributed by atoms with Crippen molar-refractivity contribution in [3.05, 3.63) is 45.1 Å². The van der Waals surface area contributed by atoms with E-state index in [0.717, 1.165) is 35.3 Å². The smallest absolute Gasteiger partial charge is 0.345 e. The van der Waals surface area contributed by atoms with E-state index in [0.29, 0.717) is 22.4 Å². The molecule has 0 unspecified atom stereocenters. The largest absolute Gasteiger partial charge is 0.422 e. The maximum Gasteiger partial charge on any atom is 0.345 e. The molecule has 27 heavy (non-hydrogen) atoms. The molecule has 1 aliphatic rings. The number of fused-ring (bicyclic) bond motifs is 3. The maximum atomic E-state index is 12.6. The summed E-state index contributed by atoms with van der Waals surface area (Å²) in [5.41, 5.74) is 1.27. The Balaban J connectivity index is 1.52. The molecule has 6 heteroatoms. The second kappa shape index (κ2) is 7.82. The number of thiophene rings is 1. The molecule has 0 saturated carbocycles. The van der Waals surface area contributed by atoms with E-state index in [9.17, 15) is 9.59 Å². The fraction of sp³-hybridized carbons (Fsp3) is 0.429. The zero-order chi connectivity index (χ0) is 18.8. The minimum absolute atomic E-state index is 0.119. The number of hydrogen-bond donors (Lipinski definition) is 1. The van der Waals surface area contributed by atoms with E-state index in [-0.39, 0.29) is 11.5 Å². The molecule has 1 amide bonds. The molecule has 3 aromatic rings. The van der Waals surface area contributed by atoms with E-state index in [1.54, 1.807) is 6.07 Å². The van der Waals surface area contributed by atoms with Crippen molar-refractivity contribution in [2.45, 2.75) is 32.6 Å². The number of amides is 1. The summed E-state index contributed by atoms with van der Waals surface area (Å²) in [7, 11) is 0. The number of carbonyl (C=O) groups is 1. The van der Waals surface area contributed by atoms with Gasteiger partial charge in [-0.2, -0.15) is 0 Å². The average Bonchev–Trinajstić information content (AvgIpc) is 2.96. The van der Waals surface area contributed by atoms with Crippen LogP contribution in [-0.2, 0) is 0 Å². The van der Waals surface area contributed by atoms with Gasteiger partial charge in [-0.25, -0.2) is 4.79 Å². The van der Waals surface area contributed by atoms with Gasteiger partial charge in [0.15, 0.2) is 0 Å². The molecular weight excluding hydrogens is 360 g/mol. The van der Waals surface area contributed by atoms with Crippen LogP contribution >= 0.6 is 11.3 Å². The summed E-state index contributed by atoms with van der Waals surface area (Å²) in [6.45, 7) is 5.74. The Kier molecular flexibility index (Phi) is 5.27. The van der Waals surface area contributed by atoms with Crippen molar-refractivity contribution in [2.24, 2.45) is 0 Å². The molecule has 0 spiro atoms. The molecule has 3 heterocycles. The molecule has 0 bridgehead atoms. The highest BCUT2D eigenvalue weighted by Crippen LogP contribution is 2.31. The number of rotatable bonds is 4. The molecule has 1 saturated heterocycles. The molecule has 2 aromatic heterocycles. The van der Waals surface area contributed by atoms with Gasteiger partial charge in [-0.3, -0.25) is 4.79 Å². The second-order valence-electron chi connectivity index (χ2n) is 7.25. The summed E-state index contributed by atoms with van der Waals surface area (Å²) >= 11 is 1.36. The zero-order valence-electron chi connectivity index (χ0n) is 15.5. The lowest BCUT2D eigenvalue weighted by Gasteiger charge is -2.19. The predicted octanol–water partition coefficient (Wildman–Crippen LogP) is 3.92. The first-order valence-corrected chi connectivity index (χ1v) is 10.4. The SMILES string of the molecule is Cc1ccc2oc(=O)c3cc(C(=O)NCCN4CCCCCC4)sc3c2c1. The molecule has 1 aliphatic heterocycles. The number of carbonyl (C=O) groups excluding carboxylic acids is 1. The highest BCUT2D eigenvalue weighted by Gasteiger charge is 2.16. The molecule has 1 aromatic carbocycles. The third kappa shape index (κ3) is 3.92. The number of likely N-dealkylation sites (tertiary alicyclic amines) is 1. The Morgan fingerprint density at radius 2 is 1.93 bits per heavy atom. The van der Waals surface area contributed by atoms with Crippen LogP contribution in [0.1, 0.15) is 40.9 Å². The Hall–Kier alpha value is -2.18. The van der Waals surface area contributed by atoms with Gasteiger partial charge in [0.25, 0.3) is 5.91 Å². The normalized spacial score (nSPS) is 15.9. The molecule has 4 rings (SSSR count). The van der Waals surface area contributed by atoms with E-state index in [1.165, 1.54) is 37.0 Å². The van der Waals surface area contributed by atoms with Gasteiger partial charge in [-0.05, 0) is 51.1 Å². The van der Waals surface area contributed by atoms with Gasteiger partial charge in [-0.1, -0.05) is 24.5 Å². The van der Waals surface area contributed by atoms with Crippen LogP contribution in [0.2, 0.25) is 0 Å². The predicted molar refractivity (Wildman–Crippen MR) is 110 cm³/mol. The molecule has 0 atom stereocenters. The van der Waals surface area contributed by atoms with Gasteiger partial charge in [-0.15, -0.1) is 11.3 Å². The number of nitrogens with zero attached hydrogens (tertiary/aromatic N) is 1. The van der Waals surface area contributed by atoms with Crippen molar-refractivity contribution in [3.8, 4) is 0 Å². The van der Waals surface area contributed by atoms with Gasteiger partial charge in [0, 0.05) is 18.5 Å². The van der Waals surface area contributed by atoms with E-state index < -0.39 is 0 Å². The fourth-order valence-corrected chi connectivity index (χ4v) is 4.78. The second-order valence-corrected chi connectivity index (χ2v) is 8.31. The van der Waals surface area contributed by atoms with Crippen LogP contribution in [0.15, 0.2) is 33.5 Å². The minimum Gasteiger partial charge on any atom is -0.422 e. The highest BCUT2D eigenvalue weighted by atomic mass is 32.1. The summed E-state index contributed by atoms with van der Waals surface area (Å²) in [4.78, 5) is 27.8. The molecular formula is C21H24N2O3S. The minimum atomic E-state index is -0.388. The first-order chi connectivity index (χ1) is 13.1. The topological polar surface area (TPSA) is 62.6 Å². The monoisotopic (exact) mass is 384 g/mol. The van der Waals surface area contributed by atoms with E-state index >= 15 is 0 Å². The van der Waals surface area contributed by atoms with E-state index in [4.69, 9.17) is 4.42 Å². The number of aryl methyl sites for hydroxylation is 1. The summed E-state index contributed by atoms with van der Waals surface area (Å²) in [6.07, 6.45) is 5.10. The lowest BCUT2D eigenvalue weighted by molar-refractivity contribution is 0.0952. The van der Waals surface area contributed by atoms with Crippen LogP contribution in [-0.4, -0.2) is 37.0 Å². The Bertz CT molecular complexity index is 1030. The van der Waals surface area contributed by atoms with Crippen molar-refractivity contribution in [3.63, 3.8) is 0 Å².